The van der Waals surface area contributed by atoms with Crippen LogP contribution in [-0.2, 0) is 11.3 Å². The van der Waals surface area contributed by atoms with Crippen LogP contribution in [0.5, 0.6) is 0 Å². The van der Waals surface area contributed by atoms with Crippen molar-refractivity contribution < 1.29 is 9.59 Å². The molecule has 144 valence electrons. The van der Waals surface area contributed by atoms with E-state index >= 15 is 0 Å². The van der Waals surface area contributed by atoms with E-state index in [0.29, 0.717) is 12.1 Å². The first-order valence-electron chi connectivity index (χ1n) is 9.34. The van der Waals surface area contributed by atoms with Crippen molar-refractivity contribution in [3.8, 4) is 0 Å². The SMILES string of the molecule is O=C(NCc1ccccc1)C(=CC=Cc1ccccc1)NC(=O)c1ccccc1. The van der Waals surface area contributed by atoms with Gasteiger partial charge in [0.05, 0.1) is 0 Å². The molecule has 0 atom stereocenters. The third kappa shape index (κ3) is 6.33. The van der Waals surface area contributed by atoms with Crippen LogP contribution in [0.2, 0.25) is 0 Å². The number of carbonyl (C=O) groups is 2. The fourth-order valence-corrected chi connectivity index (χ4v) is 2.65. The molecule has 0 saturated carbocycles. The Labute approximate surface area is 170 Å². The molecule has 3 aromatic rings. The Hall–Kier alpha value is -3.92. The van der Waals surface area contributed by atoms with Gasteiger partial charge in [-0.15, -0.1) is 0 Å². The molecular weight excluding hydrogens is 360 g/mol. The van der Waals surface area contributed by atoms with E-state index in [0.717, 1.165) is 11.1 Å². The number of hydrogen-bond acceptors (Lipinski definition) is 2. The second kappa shape index (κ2) is 10.4. The first-order chi connectivity index (χ1) is 14.2. The molecule has 0 unspecified atom stereocenters. The third-order valence-corrected chi connectivity index (χ3v) is 4.18. The summed E-state index contributed by atoms with van der Waals surface area (Å²) >= 11 is 0. The van der Waals surface area contributed by atoms with Gasteiger partial charge < -0.3 is 10.6 Å². The minimum absolute atomic E-state index is 0.182. The Kier molecular flexibility index (Phi) is 7.13. The van der Waals surface area contributed by atoms with E-state index in [2.05, 4.69) is 10.6 Å². The predicted octanol–water partition coefficient (Wildman–Crippen LogP) is 4.33. The van der Waals surface area contributed by atoms with Crippen LogP contribution in [0.4, 0.5) is 0 Å². The van der Waals surface area contributed by atoms with Crippen molar-refractivity contribution >= 4 is 17.9 Å². The molecular formula is C25H22N2O2. The van der Waals surface area contributed by atoms with Crippen molar-refractivity contribution in [2.75, 3.05) is 0 Å². The Morgan fingerprint density at radius 2 is 1.34 bits per heavy atom. The zero-order valence-electron chi connectivity index (χ0n) is 15.9. The molecule has 0 radical (unpaired) electrons. The maximum atomic E-state index is 12.7. The van der Waals surface area contributed by atoms with Gasteiger partial charge in [0.2, 0.25) is 0 Å². The molecule has 4 heteroatoms. The predicted molar refractivity (Wildman–Crippen MR) is 116 cm³/mol. The lowest BCUT2D eigenvalue weighted by molar-refractivity contribution is -0.118. The molecule has 2 N–H and O–H groups in total. The van der Waals surface area contributed by atoms with E-state index in [1.807, 2.05) is 72.8 Å². The molecule has 29 heavy (non-hydrogen) atoms. The highest BCUT2D eigenvalue weighted by molar-refractivity contribution is 6.03. The van der Waals surface area contributed by atoms with Crippen LogP contribution in [0.25, 0.3) is 6.08 Å². The van der Waals surface area contributed by atoms with E-state index < -0.39 is 0 Å². The summed E-state index contributed by atoms with van der Waals surface area (Å²) in [6, 6.07) is 28.2. The lowest BCUT2D eigenvalue weighted by Crippen LogP contribution is -2.34. The number of rotatable bonds is 7. The molecule has 0 aliphatic heterocycles. The van der Waals surface area contributed by atoms with Gasteiger partial charge in [0.1, 0.15) is 5.70 Å². The quantitative estimate of drug-likeness (QED) is 0.472. The van der Waals surface area contributed by atoms with E-state index in [4.69, 9.17) is 0 Å². The Balaban J connectivity index is 1.74. The molecule has 0 bridgehead atoms. The van der Waals surface area contributed by atoms with Gasteiger partial charge in [-0.1, -0.05) is 91.0 Å². The van der Waals surface area contributed by atoms with Crippen LogP contribution < -0.4 is 10.6 Å². The van der Waals surface area contributed by atoms with Crippen LogP contribution in [0, 0.1) is 0 Å². The van der Waals surface area contributed by atoms with Gasteiger partial charge >= 0.3 is 0 Å². The standard InChI is InChI=1S/C25H22N2O2/c28-24(22-16-8-3-9-17-22)27-23(18-10-15-20-11-4-1-5-12-20)25(29)26-19-21-13-6-2-7-14-21/h1-18H,19H2,(H,26,29)(H,27,28). The summed E-state index contributed by atoms with van der Waals surface area (Å²) in [4.78, 5) is 25.2. The minimum Gasteiger partial charge on any atom is -0.347 e. The molecule has 0 fully saturated rings. The fraction of sp³-hybridized carbons (Fsp3) is 0.0400. The summed E-state index contributed by atoms with van der Waals surface area (Å²) < 4.78 is 0. The molecule has 4 nitrogen and oxygen atoms in total. The van der Waals surface area contributed by atoms with Crippen molar-refractivity contribution in [1.29, 1.82) is 0 Å². The largest absolute Gasteiger partial charge is 0.347 e. The van der Waals surface area contributed by atoms with Gasteiger partial charge in [-0.3, -0.25) is 9.59 Å². The fourth-order valence-electron chi connectivity index (χ4n) is 2.65. The summed E-state index contributed by atoms with van der Waals surface area (Å²) in [6.45, 7) is 0.376. The second-order valence-electron chi connectivity index (χ2n) is 6.34. The molecule has 2 amide bonds. The van der Waals surface area contributed by atoms with Gasteiger partial charge in [0, 0.05) is 12.1 Å². The van der Waals surface area contributed by atoms with E-state index in [-0.39, 0.29) is 17.5 Å². The highest BCUT2D eigenvalue weighted by Gasteiger charge is 2.13. The van der Waals surface area contributed by atoms with Gasteiger partial charge in [-0.2, -0.15) is 0 Å². The smallest absolute Gasteiger partial charge is 0.268 e. The summed E-state index contributed by atoms with van der Waals surface area (Å²) in [5, 5.41) is 5.56. The first kappa shape index (κ1) is 19.8. The zero-order valence-corrected chi connectivity index (χ0v) is 15.9. The van der Waals surface area contributed by atoms with Crippen LogP contribution in [-0.4, -0.2) is 11.8 Å². The highest BCUT2D eigenvalue weighted by atomic mass is 16.2. The lowest BCUT2D eigenvalue weighted by atomic mass is 10.2. The van der Waals surface area contributed by atoms with Gasteiger partial charge in [0.15, 0.2) is 0 Å². The number of nitrogens with one attached hydrogen (secondary N) is 2. The molecule has 3 rings (SSSR count). The average Bonchev–Trinajstić information content (AvgIpc) is 2.78. The van der Waals surface area contributed by atoms with Gasteiger partial charge in [-0.05, 0) is 29.3 Å². The normalized spacial score (nSPS) is 11.2. The van der Waals surface area contributed by atoms with Crippen LogP contribution in [0.15, 0.2) is 109 Å². The minimum atomic E-state index is -0.351. The maximum absolute atomic E-state index is 12.7. The van der Waals surface area contributed by atoms with Crippen LogP contribution >= 0.6 is 0 Å². The molecule has 0 aromatic heterocycles. The van der Waals surface area contributed by atoms with E-state index in [1.165, 1.54) is 0 Å². The van der Waals surface area contributed by atoms with Crippen molar-refractivity contribution in [2.45, 2.75) is 6.54 Å². The van der Waals surface area contributed by atoms with Crippen molar-refractivity contribution in [3.05, 3.63) is 126 Å². The van der Waals surface area contributed by atoms with Gasteiger partial charge in [0.25, 0.3) is 11.8 Å². The Bertz CT molecular complexity index is 995. The summed E-state index contributed by atoms with van der Waals surface area (Å²) in [5.74, 6) is -0.685. The molecule has 0 aliphatic rings. The molecule has 0 aliphatic carbocycles. The third-order valence-electron chi connectivity index (χ3n) is 4.18. The molecule has 0 spiro atoms. The number of allylic oxidation sites excluding steroid dienone is 2. The monoisotopic (exact) mass is 382 g/mol. The first-order valence-corrected chi connectivity index (χ1v) is 9.34. The van der Waals surface area contributed by atoms with E-state index in [9.17, 15) is 9.59 Å². The summed E-state index contributed by atoms with van der Waals surface area (Å²) in [6.07, 6.45) is 5.23. The van der Waals surface area contributed by atoms with Crippen molar-refractivity contribution in [1.82, 2.24) is 10.6 Å². The van der Waals surface area contributed by atoms with Gasteiger partial charge in [-0.25, -0.2) is 0 Å². The molecule has 0 saturated heterocycles. The summed E-state index contributed by atoms with van der Waals surface area (Å²) in [7, 11) is 0. The van der Waals surface area contributed by atoms with Crippen LogP contribution in [0.3, 0.4) is 0 Å². The highest BCUT2D eigenvalue weighted by Crippen LogP contribution is 2.05. The lowest BCUT2D eigenvalue weighted by Gasteiger charge is -2.10. The Morgan fingerprint density at radius 3 is 2.00 bits per heavy atom. The topological polar surface area (TPSA) is 58.2 Å². The van der Waals surface area contributed by atoms with E-state index in [1.54, 1.807) is 36.4 Å². The molecule has 0 heterocycles. The maximum Gasteiger partial charge on any atom is 0.268 e. The second-order valence-corrected chi connectivity index (χ2v) is 6.34. The number of benzene rings is 3. The van der Waals surface area contributed by atoms with Crippen molar-refractivity contribution in [3.63, 3.8) is 0 Å². The number of amides is 2. The van der Waals surface area contributed by atoms with Crippen LogP contribution in [0.1, 0.15) is 21.5 Å². The average molecular weight is 382 g/mol. The summed E-state index contributed by atoms with van der Waals surface area (Å²) in [5.41, 5.74) is 2.65. The number of hydrogen-bond donors (Lipinski definition) is 2. The zero-order chi connectivity index (χ0) is 20.3. The van der Waals surface area contributed by atoms with Crippen molar-refractivity contribution in [2.24, 2.45) is 0 Å². The number of carbonyl (C=O) groups excluding carboxylic acids is 2. The molecule has 3 aromatic carbocycles. The Morgan fingerprint density at radius 1 is 0.759 bits per heavy atom.